The Kier molecular flexibility index (Phi) is 4.57. The Bertz CT molecular complexity index is 486. The Balaban J connectivity index is 2.64. The van der Waals surface area contributed by atoms with Crippen LogP contribution in [0.4, 0.5) is 8.78 Å². The number of halogens is 2. The van der Waals surface area contributed by atoms with E-state index in [1.807, 2.05) is 5.32 Å². The predicted octanol–water partition coefficient (Wildman–Crippen LogP) is 0.543. The number of hydrogen-bond acceptors (Lipinski definition) is 4. The highest BCUT2D eigenvalue weighted by molar-refractivity contribution is 6.04. The second-order valence-electron chi connectivity index (χ2n) is 3.89. The van der Waals surface area contributed by atoms with Crippen molar-refractivity contribution in [3.63, 3.8) is 0 Å². The third-order valence-electron chi connectivity index (χ3n) is 2.37. The summed E-state index contributed by atoms with van der Waals surface area (Å²) in [5.41, 5.74) is 1.21. The van der Waals surface area contributed by atoms with Crippen molar-refractivity contribution in [2.75, 3.05) is 6.61 Å². The zero-order chi connectivity index (χ0) is 14.6. The topological polar surface area (TPSA) is 73.2 Å². The van der Waals surface area contributed by atoms with Crippen molar-refractivity contribution in [2.24, 2.45) is 7.05 Å². The number of ether oxygens (including phenoxy) is 1. The number of rotatable bonds is 5. The number of aromatic nitrogens is 2. The van der Waals surface area contributed by atoms with Gasteiger partial charge in [0.1, 0.15) is 0 Å². The largest absolute Gasteiger partial charge is 0.461 e. The van der Waals surface area contributed by atoms with Crippen LogP contribution < -0.4 is 5.32 Å². The monoisotopic (exact) mass is 275 g/mol. The summed E-state index contributed by atoms with van der Waals surface area (Å²) in [5.74, 6) is -7.73. The van der Waals surface area contributed by atoms with Crippen LogP contribution in [0.15, 0.2) is 6.20 Å². The van der Waals surface area contributed by atoms with Crippen molar-refractivity contribution in [1.29, 1.82) is 0 Å². The average Bonchev–Trinajstić information content (AvgIpc) is 2.64. The zero-order valence-electron chi connectivity index (χ0n) is 10.9. The molecule has 8 heteroatoms. The Labute approximate surface area is 108 Å². The molecule has 1 amide bonds. The van der Waals surface area contributed by atoms with E-state index in [2.05, 4.69) is 9.84 Å². The van der Waals surface area contributed by atoms with E-state index >= 15 is 0 Å². The fourth-order valence-electron chi connectivity index (χ4n) is 1.42. The normalized spacial score (nSPS) is 11.2. The fraction of sp³-hybridized carbons (Fsp3) is 0.545. The number of hydrogen-bond donors (Lipinski definition) is 1. The van der Waals surface area contributed by atoms with E-state index in [1.54, 1.807) is 20.2 Å². The maximum atomic E-state index is 13.3. The molecule has 0 bridgehead atoms. The maximum absolute atomic E-state index is 13.3. The van der Waals surface area contributed by atoms with Crippen LogP contribution in [0.25, 0.3) is 0 Å². The average molecular weight is 275 g/mol. The highest BCUT2D eigenvalue weighted by Gasteiger charge is 2.48. The van der Waals surface area contributed by atoms with Crippen LogP contribution in [0.5, 0.6) is 0 Å². The summed E-state index contributed by atoms with van der Waals surface area (Å²) in [5, 5.41) is 5.99. The zero-order valence-corrected chi connectivity index (χ0v) is 10.9. The molecule has 6 nitrogen and oxygen atoms in total. The Morgan fingerprint density at radius 2 is 2.16 bits per heavy atom. The van der Waals surface area contributed by atoms with Crippen LogP contribution in [0.1, 0.15) is 18.2 Å². The maximum Gasteiger partial charge on any atom is 0.418 e. The molecule has 1 rings (SSSR count). The van der Waals surface area contributed by atoms with Gasteiger partial charge in [-0.15, -0.1) is 0 Å². The van der Waals surface area contributed by atoms with Gasteiger partial charge in [0.15, 0.2) is 0 Å². The first-order valence-corrected chi connectivity index (χ1v) is 5.61. The summed E-state index contributed by atoms with van der Waals surface area (Å²) < 4.78 is 32.2. The van der Waals surface area contributed by atoms with Gasteiger partial charge < -0.3 is 10.1 Å². The van der Waals surface area contributed by atoms with Gasteiger partial charge in [-0.2, -0.15) is 13.9 Å². The van der Waals surface area contributed by atoms with Crippen molar-refractivity contribution in [3.8, 4) is 0 Å². The summed E-state index contributed by atoms with van der Waals surface area (Å²) in [6.07, 6.45) is 1.60. The summed E-state index contributed by atoms with van der Waals surface area (Å²) >= 11 is 0. The first-order valence-electron chi connectivity index (χ1n) is 5.61. The minimum Gasteiger partial charge on any atom is -0.461 e. The lowest BCUT2D eigenvalue weighted by molar-refractivity contribution is -0.177. The van der Waals surface area contributed by atoms with E-state index in [0.29, 0.717) is 11.3 Å². The summed E-state index contributed by atoms with van der Waals surface area (Å²) in [6.45, 7) is 2.72. The lowest BCUT2D eigenvalue weighted by atomic mass is 10.2. The quantitative estimate of drug-likeness (QED) is 0.629. The SMILES string of the molecule is CCOC(=O)C(F)(F)C(=O)NCc1cn(C)nc1C. The minimum atomic E-state index is -4.19. The number of nitrogens with one attached hydrogen (secondary N) is 1. The summed E-state index contributed by atoms with van der Waals surface area (Å²) in [4.78, 5) is 22.2. The number of alkyl halides is 2. The van der Waals surface area contributed by atoms with Crippen LogP contribution in [0.2, 0.25) is 0 Å². The van der Waals surface area contributed by atoms with Gasteiger partial charge in [-0.3, -0.25) is 9.48 Å². The van der Waals surface area contributed by atoms with Crippen LogP contribution in [0, 0.1) is 6.92 Å². The van der Waals surface area contributed by atoms with Crippen molar-refractivity contribution in [2.45, 2.75) is 26.3 Å². The molecule has 19 heavy (non-hydrogen) atoms. The molecule has 0 aliphatic carbocycles. The highest BCUT2D eigenvalue weighted by Crippen LogP contribution is 2.16. The smallest absolute Gasteiger partial charge is 0.418 e. The molecule has 106 valence electrons. The third-order valence-corrected chi connectivity index (χ3v) is 2.37. The first kappa shape index (κ1) is 15.1. The third kappa shape index (κ3) is 3.49. The van der Waals surface area contributed by atoms with Crippen LogP contribution in [0.3, 0.4) is 0 Å². The van der Waals surface area contributed by atoms with Gasteiger partial charge in [0.2, 0.25) is 0 Å². The first-order chi connectivity index (χ1) is 8.78. The molecule has 0 aliphatic heterocycles. The van der Waals surface area contributed by atoms with Gasteiger partial charge in [-0.05, 0) is 13.8 Å². The van der Waals surface area contributed by atoms with Gasteiger partial charge in [-0.1, -0.05) is 0 Å². The summed E-state index contributed by atoms with van der Waals surface area (Å²) in [7, 11) is 1.67. The van der Waals surface area contributed by atoms with Crippen molar-refractivity contribution >= 4 is 11.9 Å². The molecular formula is C11H15F2N3O3. The molecular weight excluding hydrogens is 260 g/mol. The molecule has 0 fully saturated rings. The lowest BCUT2D eigenvalue weighted by Crippen LogP contribution is -2.46. The molecule has 0 atom stereocenters. The molecule has 1 heterocycles. The summed E-state index contributed by atoms with van der Waals surface area (Å²) in [6, 6.07) is 0. The van der Waals surface area contributed by atoms with Gasteiger partial charge in [-0.25, -0.2) is 4.79 Å². The van der Waals surface area contributed by atoms with Gasteiger partial charge in [0.25, 0.3) is 0 Å². The molecule has 0 aromatic carbocycles. The molecule has 0 saturated carbocycles. The van der Waals surface area contributed by atoms with Crippen LogP contribution >= 0.6 is 0 Å². The van der Waals surface area contributed by atoms with E-state index in [9.17, 15) is 18.4 Å². The van der Waals surface area contributed by atoms with Crippen molar-refractivity contribution < 1.29 is 23.1 Å². The Morgan fingerprint density at radius 3 is 2.63 bits per heavy atom. The Morgan fingerprint density at radius 1 is 1.53 bits per heavy atom. The van der Waals surface area contributed by atoms with Crippen LogP contribution in [-0.4, -0.2) is 34.2 Å². The fourth-order valence-corrected chi connectivity index (χ4v) is 1.42. The lowest BCUT2D eigenvalue weighted by Gasteiger charge is -2.14. The minimum absolute atomic E-state index is 0.131. The Hall–Kier alpha value is -1.99. The van der Waals surface area contributed by atoms with Gasteiger partial charge in [0.05, 0.1) is 12.3 Å². The van der Waals surface area contributed by atoms with Crippen molar-refractivity contribution in [3.05, 3.63) is 17.5 Å². The number of aryl methyl sites for hydroxylation is 2. The number of nitrogens with zero attached hydrogens (tertiary/aromatic N) is 2. The van der Waals surface area contributed by atoms with E-state index in [1.165, 1.54) is 11.6 Å². The molecule has 1 N–H and O–H groups in total. The molecule has 0 unspecified atom stereocenters. The van der Waals surface area contributed by atoms with Gasteiger partial charge >= 0.3 is 17.8 Å². The number of esters is 1. The van der Waals surface area contributed by atoms with E-state index in [-0.39, 0.29) is 13.2 Å². The second kappa shape index (κ2) is 5.77. The van der Waals surface area contributed by atoms with Crippen LogP contribution in [-0.2, 0) is 27.9 Å². The highest BCUT2D eigenvalue weighted by atomic mass is 19.3. The second-order valence-corrected chi connectivity index (χ2v) is 3.89. The molecule has 0 aliphatic rings. The molecule has 1 aromatic rings. The predicted molar refractivity (Wildman–Crippen MR) is 61.4 cm³/mol. The number of amides is 1. The number of carbonyl (C=O) groups is 2. The molecule has 1 aromatic heterocycles. The van der Waals surface area contributed by atoms with E-state index in [0.717, 1.165) is 0 Å². The van der Waals surface area contributed by atoms with E-state index in [4.69, 9.17) is 0 Å². The molecule has 0 saturated heterocycles. The number of carbonyl (C=O) groups excluding carboxylic acids is 2. The standard InChI is InChI=1S/C11H15F2N3O3/c1-4-19-10(18)11(12,13)9(17)14-5-8-6-16(3)15-7(8)2/h6H,4-5H2,1-3H3,(H,14,17). The van der Waals surface area contributed by atoms with Crippen molar-refractivity contribution in [1.82, 2.24) is 15.1 Å². The van der Waals surface area contributed by atoms with E-state index < -0.39 is 17.8 Å². The van der Waals surface area contributed by atoms with Gasteiger partial charge in [0, 0.05) is 25.4 Å². The molecule has 0 spiro atoms. The molecule has 0 radical (unpaired) electrons.